The molecule has 1 aromatic heterocycles. The average molecular weight is 322 g/mol. The number of nitrogens with one attached hydrogen (secondary N) is 1. The van der Waals surface area contributed by atoms with Crippen molar-refractivity contribution in [1.82, 2.24) is 20.1 Å². The first-order valence-electron chi connectivity index (χ1n) is 7.09. The number of aromatic nitrogens is 3. The average Bonchev–Trinajstić information content (AvgIpc) is 2.94. The van der Waals surface area contributed by atoms with Crippen LogP contribution in [0.4, 0.5) is 4.39 Å². The van der Waals surface area contributed by atoms with Crippen molar-refractivity contribution >= 4 is 17.7 Å². The first kappa shape index (κ1) is 16.5. The van der Waals surface area contributed by atoms with Gasteiger partial charge in [-0.15, -0.1) is 10.2 Å². The van der Waals surface area contributed by atoms with E-state index in [1.165, 1.54) is 23.9 Å². The van der Waals surface area contributed by atoms with Gasteiger partial charge in [-0.25, -0.2) is 4.39 Å². The molecular formula is C15H19FN4OS. The van der Waals surface area contributed by atoms with Crippen molar-refractivity contribution in [1.29, 1.82) is 0 Å². The van der Waals surface area contributed by atoms with Crippen molar-refractivity contribution in [2.45, 2.75) is 31.5 Å². The minimum Gasteiger partial charge on any atom is -0.355 e. The van der Waals surface area contributed by atoms with Gasteiger partial charge in [0.05, 0.1) is 5.75 Å². The molecule has 118 valence electrons. The minimum atomic E-state index is -0.257. The molecule has 2 aromatic rings. The van der Waals surface area contributed by atoms with E-state index in [0.717, 1.165) is 10.7 Å². The van der Waals surface area contributed by atoms with E-state index >= 15 is 0 Å². The molecule has 22 heavy (non-hydrogen) atoms. The van der Waals surface area contributed by atoms with Crippen LogP contribution in [0.5, 0.6) is 0 Å². The monoisotopic (exact) mass is 322 g/mol. The maximum absolute atomic E-state index is 13.0. The van der Waals surface area contributed by atoms with E-state index in [1.807, 2.05) is 24.5 Å². The zero-order valence-corrected chi connectivity index (χ0v) is 13.4. The predicted octanol–water partition coefficient (Wildman–Crippen LogP) is 2.45. The molecule has 1 heterocycles. The predicted molar refractivity (Wildman–Crippen MR) is 84.2 cm³/mol. The maximum Gasteiger partial charge on any atom is 0.230 e. The summed E-state index contributed by atoms with van der Waals surface area (Å²) in [5, 5.41) is 11.4. The molecule has 0 unspecified atom stereocenters. The molecule has 5 nitrogen and oxygen atoms in total. The third-order valence-corrected chi connectivity index (χ3v) is 4.01. The van der Waals surface area contributed by atoms with Gasteiger partial charge in [0.15, 0.2) is 5.16 Å². The van der Waals surface area contributed by atoms with Crippen LogP contribution in [0.3, 0.4) is 0 Å². The molecule has 0 saturated heterocycles. The molecular weight excluding hydrogens is 303 g/mol. The van der Waals surface area contributed by atoms with Crippen LogP contribution in [0.25, 0.3) is 0 Å². The maximum atomic E-state index is 13.0. The van der Waals surface area contributed by atoms with Crippen LogP contribution < -0.4 is 5.32 Å². The number of amides is 1. The highest BCUT2D eigenvalue weighted by molar-refractivity contribution is 7.99. The molecule has 7 heteroatoms. The normalized spacial score (nSPS) is 10.9. The van der Waals surface area contributed by atoms with Crippen molar-refractivity contribution < 1.29 is 9.18 Å². The highest BCUT2D eigenvalue weighted by atomic mass is 32.2. The molecule has 1 aromatic carbocycles. The number of carbonyl (C=O) groups is 1. The second-order valence-electron chi connectivity index (χ2n) is 5.13. The number of hydrogen-bond donors (Lipinski definition) is 1. The Kier molecular flexibility index (Phi) is 5.94. The Hall–Kier alpha value is -1.89. The lowest BCUT2D eigenvalue weighted by Gasteiger charge is -2.09. The van der Waals surface area contributed by atoms with Crippen LogP contribution in [0.1, 0.15) is 25.5 Å². The largest absolute Gasteiger partial charge is 0.355 e. The van der Waals surface area contributed by atoms with Gasteiger partial charge in [0.25, 0.3) is 0 Å². The highest BCUT2D eigenvalue weighted by Gasteiger charge is 2.10. The summed E-state index contributed by atoms with van der Waals surface area (Å²) in [4.78, 5) is 11.8. The molecule has 0 atom stereocenters. The van der Waals surface area contributed by atoms with Crippen molar-refractivity contribution in [3.63, 3.8) is 0 Å². The second-order valence-corrected chi connectivity index (χ2v) is 6.08. The number of thioether (sulfide) groups is 1. The number of halogens is 1. The Morgan fingerprint density at radius 3 is 3.00 bits per heavy atom. The summed E-state index contributed by atoms with van der Waals surface area (Å²) in [6.45, 7) is 4.55. The Balaban J connectivity index is 1.73. The van der Waals surface area contributed by atoms with Gasteiger partial charge in [-0.3, -0.25) is 4.79 Å². The summed E-state index contributed by atoms with van der Waals surface area (Å²) in [5.74, 6) is -0.0405. The summed E-state index contributed by atoms with van der Waals surface area (Å²) >= 11 is 1.36. The van der Waals surface area contributed by atoms with Crippen LogP contribution in [-0.4, -0.2) is 33.0 Å². The first-order valence-corrected chi connectivity index (χ1v) is 8.08. The molecule has 0 aliphatic carbocycles. The van der Waals surface area contributed by atoms with Crippen LogP contribution in [0.15, 0.2) is 35.7 Å². The zero-order valence-electron chi connectivity index (χ0n) is 12.6. The lowest BCUT2D eigenvalue weighted by molar-refractivity contribution is -0.118. The second kappa shape index (κ2) is 7.93. The van der Waals surface area contributed by atoms with Gasteiger partial charge in [0.2, 0.25) is 5.91 Å². The lowest BCUT2D eigenvalue weighted by Crippen LogP contribution is -2.27. The summed E-state index contributed by atoms with van der Waals surface area (Å²) in [6.07, 6.45) is 2.27. The third-order valence-electron chi connectivity index (χ3n) is 3.05. The highest BCUT2D eigenvalue weighted by Crippen LogP contribution is 2.18. The number of carbonyl (C=O) groups excluding carboxylic acids is 1. The molecule has 1 N–H and O–H groups in total. The lowest BCUT2D eigenvalue weighted by atomic mass is 10.1. The van der Waals surface area contributed by atoms with E-state index in [0.29, 0.717) is 13.0 Å². The molecule has 0 radical (unpaired) electrons. The van der Waals surface area contributed by atoms with Crippen molar-refractivity contribution in [2.75, 3.05) is 12.3 Å². The molecule has 0 spiro atoms. The fourth-order valence-electron chi connectivity index (χ4n) is 1.91. The van der Waals surface area contributed by atoms with Crippen molar-refractivity contribution in [3.8, 4) is 0 Å². The Morgan fingerprint density at radius 2 is 2.27 bits per heavy atom. The Morgan fingerprint density at radius 1 is 1.45 bits per heavy atom. The van der Waals surface area contributed by atoms with Crippen LogP contribution in [0.2, 0.25) is 0 Å². The molecule has 1 amide bonds. The number of benzene rings is 1. The number of hydrogen-bond acceptors (Lipinski definition) is 4. The summed E-state index contributed by atoms with van der Waals surface area (Å²) in [5.41, 5.74) is 0.868. The first-order chi connectivity index (χ1) is 10.6. The molecule has 0 aliphatic rings. The smallest absolute Gasteiger partial charge is 0.230 e. The van der Waals surface area contributed by atoms with Gasteiger partial charge < -0.3 is 9.88 Å². The van der Waals surface area contributed by atoms with Gasteiger partial charge in [-0.2, -0.15) is 0 Å². The van der Waals surface area contributed by atoms with E-state index in [4.69, 9.17) is 0 Å². The van der Waals surface area contributed by atoms with Gasteiger partial charge in [-0.05, 0) is 38.0 Å². The molecule has 0 aliphatic heterocycles. The van der Waals surface area contributed by atoms with Crippen molar-refractivity contribution in [3.05, 3.63) is 42.0 Å². The number of nitrogens with zero attached hydrogens (tertiary/aromatic N) is 3. The van der Waals surface area contributed by atoms with E-state index in [1.54, 1.807) is 12.4 Å². The van der Waals surface area contributed by atoms with E-state index < -0.39 is 0 Å². The van der Waals surface area contributed by atoms with E-state index in [9.17, 15) is 9.18 Å². The quantitative estimate of drug-likeness (QED) is 0.796. The molecule has 0 saturated carbocycles. The third kappa shape index (κ3) is 4.84. The van der Waals surface area contributed by atoms with Gasteiger partial charge in [0, 0.05) is 12.6 Å². The SMILES string of the molecule is CC(C)n1cnnc1SCC(=O)NCCc1cccc(F)c1. The van der Waals surface area contributed by atoms with E-state index in [2.05, 4.69) is 15.5 Å². The van der Waals surface area contributed by atoms with E-state index in [-0.39, 0.29) is 23.5 Å². The fraction of sp³-hybridized carbons (Fsp3) is 0.400. The molecule has 0 fully saturated rings. The molecule has 2 rings (SSSR count). The van der Waals surface area contributed by atoms with Crippen LogP contribution in [-0.2, 0) is 11.2 Å². The summed E-state index contributed by atoms with van der Waals surface area (Å²) < 4.78 is 14.9. The van der Waals surface area contributed by atoms with Gasteiger partial charge >= 0.3 is 0 Å². The van der Waals surface area contributed by atoms with Crippen LogP contribution in [0, 0.1) is 5.82 Å². The van der Waals surface area contributed by atoms with Gasteiger partial charge in [0.1, 0.15) is 12.1 Å². The summed E-state index contributed by atoms with van der Waals surface area (Å²) in [6, 6.07) is 6.65. The van der Waals surface area contributed by atoms with Crippen LogP contribution >= 0.6 is 11.8 Å². The Bertz CT molecular complexity index is 630. The topological polar surface area (TPSA) is 59.8 Å². The molecule has 0 bridgehead atoms. The van der Waals surface area contributed by atoms with Crippen molar-refractivity contribution in [2.24, 2.45) is 0 Å². The van der Waals surface area contributed by atoms with Gasteiger partial charge in [-0.1, -0.05) is 23.9 Å². The summed E-state index contributed by atoms with van der Waals surface area (Å²) in [7, 11) is 0. The fourth-order valence-corrected chi connectivity index (χ4v) is 2.78. The Labute approximate surface area is 133 Å². The zero-order chi connectivity index (χ0) is 15.9. The standard InChI is InChI=1S/C15H19FN4OS/c1-11(2)20-10-18-19-15(20)22-9-14(21)17-7-6-12-4-3-5-13(16)8-12/h3-5,8,10-11H,6-7,9H2,1-2H3,(H,17,21). The number of rotatable bonds is 7. The minimum absolute atomic E-state index is 0.0697.